The molecule has 0 saturated heterocycles. The number of nitrogens with one attached hydrogen (secondary N) is 2. The predicted molar refractivity (Wildman–Crippen MR) is 138 cm³/mol. The highest BCUT2D eigenvalue weighted by molar-refractivity contribution is 6.01. The Morgan fingerprint density at radius 3 is 2.37 bits per heavy atom. The van der Waals surface area contributed by atoms with Gasteiger partial charge in [0.05, 0.1) is 38.2 Å². The first-order chi connectivity index (χ1) is 17.1. The maximum atomic E-state index is 13.8. The highest BCUT2D eigenvalue weighted by Crippen LogP contribution is 2.46. The van der Waals surface area contributed by atoms with E-state index in [0.717, 1.165) is 39.5 Å². The van der Waals surface area contributed by atoms with Gasteiger partial charge in [-0.1, -0.05) is 36.4 Å². The molecule has 180 valence electrons. The van der Waals surface area contributed by atoms with Gasteiger partial charge in [0.15, 0.2) is 17.3 Å². The van der Waals surface area contributed by atoms with Crippen LogP contribution >= 0.6 is 0 Å². The molecule has 1 aliphatic heterocycles. The monoisotopic (exact) mass is 470 g/mol. The van der Waals surface area contributed by atoms with Crippen molar-refractivity contribution in [2.45, 2.75) is 31.7 Å². The molecular formula is C29H30N2O4. The van der Waals surface area contributed by atoms with Crippen molar-refractivity contribution in [3.63, 3.8) is 0 Å². The van der Waals surface area contributed by atoms with Gasteiger partial charge in [-0.05, 0) is 55.2 Å². The number of benzene rings is 3. The molecule has 2 aliphatic rings. The fraction of sp³-hybridized carbons (Fsp3) is 0.276. The van der Waals surface area contributed by atoms with Crippen LogP contribution in [-0.4, -0.2) is 26.6 Å². The number of methoxy groups -OCH3 is 2. The van der Waals surface area contributed by atoms with Gasteiger partial charge in [-0.2, -0.15) is 0 Å². The summed E-state index contributed by atoms with van der Waals surface area (Å²) in [7, 11) is 3.25. The van der Waals surface area contributed by atoms with Crippen molar-refractivity contribution in [3.05, 3.63) is 89.1 Å². The van der Waals surface area contributed by atoms with Crippen molar-refractivity contribution in [2.75, 3.05) is 31.5 Å². The van der Waals surface area contributed by atoms with E-state index in [9.17, 15) is 4.79 Å². The van der Waals surface area contributed by atoms with Crippen LogP contribution in [0.3, 0.4) is 0 Å². The number of ketones is 1. The summed E-state index contributed by atoms with van der Waals surface area (Å²) in [4.78, 5) is 13.8. The number of hydrogen-bond acceptors (Lipinski definition) is 6. The lowest BCUT2D eigenvalue weighted by atomic mass is 9.78. The number of ether oxygens (including phenoxy) is 3. The molecule has 6 nitrogen and oxygen atoms in total. The Hall–Kier alpha value is -3.93. The zero-order valence-corrected chi connectivity index (χ0v) is 20.3. The lowest BCUT2D eigenvalue weighted by molar-refractivity contribution is -0.116. The van der Waals surface area contributed by atoms with E-state index >= 15 is 0 Å². The van der Waals surface area contributed by atoms with Gasteiger partial charge in [0.2, 0.25) is 0 Å². The first-order valence-corrected chi connectivity index (χ1v) is 11.9. The molecule has 0 bridgehead atoms. The molecule has 6 heteroatoms. The molecule has 0 saturated carbocycles. The molecule has 35 heavy (non-hydrogen) atoms. The summed E-state index contributed by atoms with van der Waals surface area (Å²) in [6.07, 6.45) is 1.13. The van der Waals surface area contributed by atoms with Gasteiger partial charge in [-0.25, -0.2) is 0 Å². The van der Waals surface area contributed by atoms with Gasteiger partial charge in [0, 0.05) is 23.3 Å². The summed E-state index contributed by atoms with van der Waals surface area (Å²) >= 11 is 0. The average molecular weight is 471 g/mol. The smallest absolute Gasteiger partial charge is 0.163 e. The second-order valence-electron chi connectivity index (χ2n) is 8.75. The molecular weight excluding hydrogens is 440 g/mol. The molecule has 3 aromatic carbocycles. The predicted octanol–water partition coefficient (Wildman–Crippen LogP) is 6.08. The van der Waals surface area contributed by atoms with Crippen molar-refractivity contribution < 1.29 is 19.0 Å². The minimum atomic E-state index is -0.317. The third-order valence-corrected chi connectivity index (χ3v) is 6.72. The number of carbonyl (C=O) groups excluding carboxylic acids is 1. The quantitative estimate of drug-likeness (QED) is 0.455. The first-order valence-electron chi connectivity index (χ1n) is 11.9. The van der Waals surface area contributed by atoms with Gasteiger partial charge in [-0.3, -0.25) is 4.79 Å². The summed E-state index contributed by atoms with van der Waals surface area (Å²) in [5, 5.41) is 7.23. The number of para-hydroxylation sites is 3. The van der Waals surface area contributed by atoms with Crippen LogP contribution in [-0.2, 0) is 4.79 Å². The van der Waals surface area contributed by atoms with Crippen LogP contribution in [0.25, 0.3) is 0 Å². The maximum absolute atomic E-state index is 13.8. The lowest BCUT2D eigenvalue weighted by Crippen LogP contribution is -2.27. The molecule has 0 spiro atoms. The van der Waals surface area contributed by atoms with Crippen molar-refractivity contribution >= 4 is 17.2 Å². The SMILES string of the molecule is CCOc1ccccc1[C@@H]1Nc2ccccc2NC2=C1C(=O)C[C@@H](c1ccc(OC)c(OC)c1)C2. The highest BCUT2D eigenvalue weighted by Gasteiger charge is 2.37. The molecule has 0 aromatic heterocycles. The van der Waals surface area contributed by atoms with Crippen molar-refractivity contribution in [2.24, 2.45) is 0 Å². The second-order valence-corrected chi connectivity index (χ2v) is 8.75. The Bertz CT molecular complexity index is 1280. The number of carbonyl (C=O) groups is 1. The summed E-state index contributed by atoms with van der Waals surface area (Å²) < 4.78 is 16.9. The van der Waals surface area contributed by atoms with Gasteiger partial charge >= 0.3 is 0 Å². The fourth-order valence-electron chi connectivity index (χ4n) is 5.07. The van der Waals surface area contributed by atoms with Gasteiger partial charge in [-0.15, -0.1) is 0 Å². The number of fused-ring (bicyclic) bond motifs is 1. The highest BCUT2D eigenvalue weighted by atomic mass is 16.5. The topological polar surface area (TPSA) is 68.8 Å². The van der Waals surface area contributed by atoms with Crippen LogP contribution in [0.1, 0.15) is 42.9 Å². The zero-order chi connectivity index (χ0) is 24.4. The molecule has 0 fully saturated rings. The number of rotatable bonds is 6. The van der Waals surface area contributed by atoms with Crippen LogP contribution in [0, 0.1) is 0 Å². The molecule has 5 rings (SSSR count). The Kier molecular flexibility index (Phi) is 6.36. The number of allylic oxidation sites excluding steroid dienone is 1. The largest absolute Gasteiger partial charge is 0.494 e. The van der Waals surface area contributed by atoms with E-state index in [1.807, 2.05) is 73.7 Å². The van der Waals surface area contributed by atoms with Crippen LogP contribution in [0.15, 0.2) is 78.0 Å². The number of hydrogen-bond donors (Lipinski definition) is 2. The van der Waals surface area contributed by atoms with E-state index in [4.69, 9.17) is 14.2 Å². The summed E-state index contributed by atoms with van der Waals surface area (Å²) in [5.41, 5.74) is 5.63. The molecule has 3 aromatic rings. The van der Waals surface area contributed by atoms with E-state index in [0.29, 0.717) is 30.9 Å². The Labute approximate surface area is 205 Å². The van der Waals surface area contributed by atoms with E-state index < -0.39 is 0 Å². The van der Waals surface area contributed by atoms with Crippen LogP contribution in [0.4, 0.5) is 11.4 Å². The van der Waals surface area contributed by atoms with Crippen molar-refractivity contribution in [1.82, 2.24) is 0 Å². The Morgan fingerprint density at radius 2 is 1.60 bits per heavy atom. The molecule has 0 unspecified atom stereocenters. The van der Waals surface area contributed by atoms with Crippen molar-refractivity contribution in [3.8, 4) is 17.2 Å². The summed E-state index contributed by atoms with van der Waals surface area (Å²) in [6, 6.07) is 21.6. The third kappa shape index (κ3) is 4.32. The minimum Gasteiger partial charge on any atom is -0.494 e. The Morgan fingerprint density at radius 1 is 0.857 bits per heavy atom. The molecule has 2 N–H and O–H groups in total. The standard InChI is InChI=1S/C29H30N2O4/c1-4-35-25-12-8-5-9-20(25)29-28-23(30-21-10-6-7-11-22(21)31-29)15-19(16-24(28)32)18-13-14-26(33-2)27(17-18)34-3/h5-14,17,19,29-31H,4,15-16H2,1-3H3/t19-,29-/m0/s1. The lowest BCUT2D eigenvalue weighted by Gasteiger charge is -2.30. The van der Waals surface area contributed by atoms with Crippen LogP contribution in [0.5, 0.6) is 17.2 Å². The molecule has 0 amide bonds. The zero-order valence-electron chi connectivity index (χ0n) is 20.3. The van der Waals surface area contributed by atoms with E-state index in [2.05, 4.69) is 10.6 Å². The van der Waals surface area contributed by atoms with Crippen molar-refractivity contribution in [1.29, 1.82) is 0 Å². The molecule has 0 radical (unpaired) electrons. The maximum Gasteiger partial charge on any atom is 0.163 e. The summed E-state index contributed by atoms with van der Waals surface area (Å²) in [5.74, 6) is 2.28. The first kappa shape index (κ1) is 22.8. The number of anilines is 2. The normalized spacial score (nSPS) is 19.0. The van der Waals surface area contributed by atoms with E-state index in [-0.39, 0.29) is 17.7 Å². The molecule has 2 atom stereocenters. The Balaban J connectivity index is 1.60. The molecule has 1 heterocycles. The third-order valence-electron chi connectivity index (χ3n) is 6.72. The van der Waals surface area contributed by atoms with E-state index in [1.165, 1.54) is 0 Å². The number of Topliss-reactive ketones (excluding diaryl/α,β-unsaturated/α-hetero) is 1. The summed E-state index contributed by atoms with van der Waals surface area (Å²) in [6.45, 7) is 2.53. The van der Waals surface area contributed by atoms with Gasteiger partial charge in [0.25, 0.3) is 0 Å². The minimum absolute atomic E-state index is 0.0293. The average Bonchev–Trinajstić information content (AvgIpc) is 3.05. The molecule has 1 aliphatic carbocycles. The fourth-order valence-corrected chi connectivity index (χ4v) is 5.07. The second kappa shape index (κ2) is 9.74. The van der Waals surface area contributed by atoms with Gasteiger partial charge < -0.3 is 24.8 Å². The van der Waals surface area contributed by atoms with Crippen LogP contribution < -0.4 is 24.8 Å². The van der Waals surface area contributed by atoms with E-state index in [1.54, 1.807) is 14.2 Å². The van der Waals surface area contributed by atoms with Gasteiger partial charge in [0.1, 0.15) is 5.75 Å². The van der Waals surface area contributed by atoms with Crippen LogP contribution in [0.2, 0.25) is 0 Å².